The lowest BCUT2D eigenvalue weighted by Crippen LogP contribution is -2.13. The third kappa shape index (κ3) is 5.69. The molecule has 0 saturated heterocycles. The van der Waals surface area contributed by atoms with Gasteiger partial charge in [0.25, 0.3) is 5.91 Å². The van der Waals surface area contributed by atoms with Gasteiger partial charge in [0, 0.05) is 24.2 Å². The van der Waals surface area contributed by atoms with E-state index in [0.717, 1.165) is 12.2 Å². The number of nitro benzene ring substituents is 1. The van der Waals surface area contributed by atoms with Crippen molar-refractivity contribution < 1.29 is 19.2 Å². The highest BCUT2D eigenvalue weighted by Crippen LogP contribution is 2.27. The number of nitrogens with one attached hydrogen (secondary N) is 2. The number of anilines is 2. The van der Waals surface area contributed by atoms with Crippen molar-refractivity contribution in [2.24, 2.45) is 0 Å². The summed E-state index contributed by atoms with van der Waals surface area (Å²) < 4.78 is 10.1. The normalized spacial score (nSPS) is 10.3. The summed E-state index contributed by atoms with van der Waals surface area (Å²) in [6.45, 7) is 0.702. The number of pyridine rings is 1. The molecule has 1 aromatic heterocycles. The lowest BCUT2D eigenvalue weighted by Gasteiger charge is -2.09. The van der Waals surface area contributed by atoms with Gasteiger partial charge in [-0.25, -0.2) is 4.98 Å². The first-order valence-corrected chi connectivity index (χ1v) is 9.47. The zero-order valence-corrected chi connectivity index (χ0v) is 17.1. The summed E-state index contributed by atoms with van der Waals surface area (Å²) >= 11 is 0. The summed E-state index contributed by atoms with van der Waals surface area (Å²) in [6.07, 6.45) is 2.36. The molecule has 0 aliphatic carbocycles. The van der Waals surface area contributed by atoms with Crippen LogP contribution in [-0.2, 0) is 6.42 Å². The van der Waals surface area contributed by atoms with E-state index in [1.54, 1.807) is 19.2 Å². The van der Waals surface area contributed by atoms with Gasteiger partial charge in [-0.1, -0.05) is 12.1 Å². The van der Waals surface area contributed by atoms with Crippen molar-refractivity contribution in [1.82, 2.24) is 4.98 Å². The molecule has 9 nitrogen and oxygen atoms in total. The number of nitro groups is 1. The molecule has 3 rings (SSSR count). The van der Waals surface area contributed by atoms with Crippen LogP contribution in [0.1, 0.15) is 15.9 Å². The molecule has 0 bridgehead atoms. The summed E-state index contributed by atoms with van der Waals surface area (Å²) in [7, 11) is 2.95. The van der Waals surface area contributed by atoms with E-state index in [-0.39, 0.29) is 17.0 Å². The fraction of sp³-hybridized carbons (Fsp3) is 0.182. The second kappa shape index (κ2) is 10.1. The Morgan fingerprint density at radius 3 is 2.45 bits per heavy atom. The highest BCUT2D eigenvalue weighted by Gasteiger charge is 2.17. The van der Waals surface area contributed by atoms with E-state index in [0.29, 0.717) is 18.1 Å². The fourth-order valence-corrected chi connectivity index (χ4v) is 2.87. The first-order chi connectivity index (χ1) is 15.0. The van der Waals surface area contributed by atoms with Crippen LogP contribution in [0.25, 0.3) is 0 Å². The van der Waals surface area contributed by atoms with Crippen molar-refractivity contribution >= 4 is 23.1 Å². The second-order valence-electron chi connectivity index (χ2n) is 6.55. The molecule has 1 amide bonds. The Morgan fingerprint density at radius 2 is 1.84 bits per heavy atom. The molecule has 0 aliphatic rings. The van der Waals surface area contributed by atoms with Gasteiger partial charge in [-0.3, -0.25) is 14.9 Å². The molecule has 0 unspecified atom stereocenters. The van der Waals surface area contributed by atoms with Crippen molar-refractivity contribution in [3.05, 3.63) is 82.0 Å². The summed E-state index contributed by atoms with van der Waals surface area (Å²) in [5.41, 5.74) is 1.72. The lowest BCUT2D eigenvalue weighted by molar-refractivity contribution is -0.385. The topological polar surface area (TPSA) is 116 Å². The molecule has 0 saturated carbocycles. The van der Waals surface area contributed by atoms with Gasteiger partial charge in [0.2, 0.25) is 0 Å². The molecule has 0 atom stereocenters. The zero-order valence-electron chi connectivity index (χ0n) is 17.1. The van der Waals surface area contributed by atoms with Crippen molar-refractivity contribution in [3.63, 3.8) is 0 Å². The molecular weight excluding hydrogens is 400 g/mol. The number of carbonyl (C=O) groups excluding carboxylic acids is 1. The van der Waals surface area contributed by atoms with E-state index in [9.17, 15) is 14.9 Å². The Bertz CT molecular complexity index is 1050. The number of amides is 1. The summed E-state index contributed by atoms with van der Waals surface area (Å²) in [6, 6.07) is 15.3. The Hall–Kier alpha value is -4.14. The van der Waals surface area contributed by atoms with E-state index in [4.69, 9.17) is 9.47 Å². The van der Waals surface area contributed by atoms with E-state index in [1.165, 1.54) is 37.1 Å². The van der Waals surface area contributed by atoms with Crippen LogP contribution >= 0.6 is 0 Å². The smallest absolute Gasteiger partial charge is 0.310 e. The van der Waals surface area contributed by atoms with Gasteiger partial charge in [-0.2, -0.15) is 0 Å². The monoisotopic (exact) mass is 422 g/mol. The third-order valence-corrected chi connectivity index (χ3v) is 4.54. The SMILES string of the molecule is COc1ccc(CCNc2ccc(NC(=O)c3ccc([N+](=O)[O-])c(OC)c3)cn2)cc1. The lowest BCUT2D eigenvalue weighted by atomic mass is 10.1. The van der Waals surface area contributed by atoms with Crippen LogP contribution < -0.4 is 20.1 Å². The Morgan fingerprint density at radius 1 is 1.06 bits per heavy atom. The Labute approximate surface area is 179 Å². The maximum Gasteiger partial charge on any atom is 0.310 e. The summed E-state index contributed by atoms with van der Waals surface area (Å²) in [4.78, 5) is 27.1. The minimum absolute atomic E-state index is 0.0205. The molecule has 0 spiro atoms. The number of aromatic nitrogens is 1. The van der Waals surface area contributed by atoms with E-state index >= 15 is 0 Å². The highest BCUT2D eigenvalue weighted by atomic mass is 16.6. The number of nitrogens with zero attached hydrogens (tertiary/aromatic N) is 2. The first kappa shape index (κ1) is 21.6. The van der Waals surface area contributed by atoms with Gasteiger partial charge in [-0.15, -0.1) is 0 Å². The van der Waals surface area contributed by atoms with E-state index in [1.807, 2.05) is 24.3 Å². The summed E-state index contributed by atoms with van der Waals surface area (Å²) in [5, 5.41) is 16.9. The minimum Gasteiger partial charge on any atom is -0.497 e. The molecule has 9 heteroatoms. The third-order valence-electron chi connectivity index (χ3n) is 4.54. The average molecular weight is 422 g/mol. The van der Waals surface area contributed by atoms with Crippen LogP contribution in [0.4, 0.5) is 17.2 Å². The van der Waals surface area contributed by atoms with Gasteiger partial charge in [0.15, 0.2) is 5.75 Å². The number of hydrogen-bond acceptors (Lipinski definition) is 7. The van der Waals surface area contributed by atoms with Crippen LogP contribution in [0.15, 0.2) is 60.8 Å². The van der Waals surface area contributed by atoms with Crippen molar-refractivity contribution in [2.75, 3.05) is 31.4 Å². The molecule has 0 radical (unpaired) electrons. The highest BCUT2D eigenvalue weighted by molar-refractivity contribution is 6.04. The van der Waals surface area contributed by atoms with Crippen LogP contribution in [0.2, 0.25) is 0 Å². The fourth-order valence-electron chi connectivity index (χ4n) is 2.87. The standard InChI is InChI=1S/C22H22N4O5/c1-30-18-7-3-15(4-8-18)11-12-23-21-10-6-17(14-24-21)25-22(27)16-5-9-19(26(28)29)20(13-16)31-2/h3-10,13-14H,11-12H2,1-2H3,(H,23,24)(H,25,27). The van der Waals surface area contributed by atoms with Gasteiger partial charge in [0.1, 0.15) is 11.6 Å². The zero-order chi connectivity index (χ0) is 22.2. The van der Waals surface area contributed by atoms with Gasteiger partial charge in [0.05, 0.1) is 31.0 Å². The van der Waals surface area contributed by atoms with Crippen LogP contribution in [-0.4, -0.2) is 36.6 Å². The molecule has 0 aliphatic heterocycles. The first-order valence-electron chi connectivity index (χ1n) is 9.47. The molecular formula is C22H22N4O5. The molecule has 2 N–H and O–H groups in total. The number of hydrogen-bond donors (Lipinski definition) is 2. The van der Waals surface area contributed by atoms with Crippen molar-refractivity contribution in [3.8, 4) is 11.5 Å². The largest absolute Gasteiger partial charge is 0.497 e. The number of carbonyl (C=O) groups is 1. The van der Waals surface area contributed by atoms with Crippen molar-refractivity contribution in [2.45, 2.75) is 6.42 Å². The molecule has 31 heavy (non-hydrogen) atoms. The maximum absolute atomic E-state index is 12.4. The predicted octanol–water partition coefficient (Wildman–Crippen LogP) is 3.91. The van der Waals surface area contributed by atoms with Gasteiger partial charge in [-0.05, 0) is 42.3 Å². The quantitative estimate of drug-likeness (QED) is 0.397. The molecule has 0 fully saturated rings. The summed E-state index contributed by atoms with van der Waals surface area (Å²) in [5.74, 6) is 1.11. The van der Waals surface area contributed by atoms with Crippen LogP contribution in [0, 0.1) is 10.1 Å². The molecule has 2 aromatic carbocycles. The van der Waals surface area contributed by atoms with Gasteiger partial charge >= 0.3 is 5.69 Å². The molecule has 1 heterocycles. The van der Waals surface area contributed by atoms with E-state index in [2.05, 4.69) is 15.6 Å². The second-order valence-corrected chi connectivity index (χ2v) is 6.55. The van der Waals surface area contributed by atoms with E-state index < -0.39 is 10.8 Å². The molecule has 160 valence electrons. The number of rotatable bonds is 9. The number of methoxy groups -OCH3 is 2. The van der Waals surface area contributed by atoms with Crippen molar-refractivity contribution in [1.29, 1.82) is 0 Å². The number of ether oxygens (including phenoxy) is 2. The Kier molecular flexibility index (Phi) is 7.00. The minimum atomic E-state index is -0.565. The number of benzene rings is 2. The van der Waals surface area contributed by atoms with Crippen LogP contribution in [0.5, 0.6) is 11.5 Å². The Balaban J connectivity index is 1.55. The molecule has 3 aromatic rings. The predicted molar refractivity (Wildman–Crippen MR) is 117 cm³/mol. The van der Waals surface area contributed by atoms with Gasteiger partial charge < -0.3 is 20.1 Å². The average Bonchev–Trinajstić information content (AvgIpc) is 2.80. The maximum atomic E-state index is 12.4. The van der Waals surface area contributed by atoms with Crippen LogP contribution in [0.3, 0.4) is 0 Å².